The van der Waals surface area contributed by atoms with E-state index in [4.69, 9.17) is 5.73 Å². The molecule has 3 N–H and O–H groups in total. The van der Waals surface area contributed by atoms with Gasteiger partial charge in [0, 0.05) is 10.9 Å². The Kier molecular flexibility index (Phi) is 6.98. The summed E-state index contributed by atoms with van der Waals surface area (Å²) in [5, 5.41) is 4.70. The number of aryl methyl sites for hydroxylation is 1. The summed E-state index contributed by atoms with van der Waals surface area (Å²) in [7, 11) is 0. The van der Waals surface area contributed by atoms with Crippen molar-refractivity contribution in [3.63, 3.8) is 0 Å². The van der Waals surface area contributed by atoms with Crippen LogP contribution in [0.1, 0.15) is 63.3 Å². The summed E-state index contributed by atoms with van der Waals surface area (Å²) in [4.78, 5) is 23.7. The number of thiophene rings is 1. The molecular weight excluding hydrogens is 376 g/mol. The van der Waals surface area contributed by atoms with Crippen molar-refractivity contribution in [1.29, 1.82) is 0 Å². The number of carbonyl (C=O) groups excluding carboxylic acids is 1. The highest BCUT2D eigenvalue weighted by atomic mass is 32.2. The van der Waals surface area contributed by atoms with E-state index in [1.807, 2.05) is 0 Å². The number of hydrogen-bond donors (Lipinski definition) is 2. The fraction of sp³-hybridized carbons (Fsp3) is 0.650. The molecule has 5 nitrogen and oxygen atoms in total. The number of fused-ring (bicyclic) bond motifs is 3. The molecule has 1 amide bonds. The number of aromatic nitrogens is 2. The third kappa shape index (κ3) is 5.13. The number of nitrogens with one attached hydrogen (secondary N) is 1. The first-order valence-corrected chi connectivity index (χ1v) is 11.8. The Morgan fingerprint density at radius 3 is 3.00 bits per heavy atom. The first kappa shape index (κ1) is 20.4. The molecule has 2 unspecified atom stereocenters. The Balaban J connectivity index is 1.61. The van der Waals surface area contributed by atoms with Gasteiger partial charge in [-0.1, -0.05) is 44.9 Å². The summed E-state index contributed by atoms with van der Waals surface area (Å²) in [5.41, 5.74) is 7.60. The quantitative estimate of drug-likeness (QED) is 0.381. The standard InChI is InChI=1S/C20H30N4OS2/c1-4-5-6-7-13(3)22-16(25)11-26-20-23-18(21)17-14-9-8-12(2)10-15(14)27-19(17)24-20/h12-13H,4-11H2,1-3H3,(H,22,25)(H2,21,23,24). The van der Waals surface area contributed by atoms with Gasteiger partial charge in [0.15, 0.2) is 5.16 Å². The second-order valence-corrected chi connectivity index (χ2v) is 9.70. The molecule has 148 valence electrons. The van der Waals surface area contributed by atoms with E-state index in [1.165, 1.54) is 41.5 Å². The van der Waals surface area contributed by atoms with E-state index in [0.29, 0.717) is 16.7 Å². The van der Waals surface area contributed by atoms with E-state index in [1.54, 1.807) is 11.3 Å². The van der Waals surface area contributed by atoms with Crippen molar-refractivity contribution < 1.29 is 4.79 Å². The van der Waals surface area contributed by atoms with Crippen LogP contribution in [0.15, 0.2) is 5.16 Å². The highest BCUT2D eigenvalue weighted by Crippen LogP contribution is 2.39. The minimum absolute atomic E-state index is 0.0329. The number of carbonyl (C=O) groups is 1. The molecule has 0 aromatic carbocycles. The van der Waals surface area contributed by atoms with Crippen LogP contribution in [-0.2, 0) is 17.6 Å². The maximum absolute atomic E-state index is 12.2. The first-order chi connectivity index (χ1) is 13.0. The Morgan fingerprint density at radius 2 is 2.22 bits per heavy atom. The Morgan fingerprint density at radius 1 is 1.41 bits per heavy atom. The number of rotatable bonds is 8. The van der Waals surface area contributed by atoms with E-state index >= 15 is 0 Å². The summed E-state index contributed by atoms with van der Waals surface area (Å²) in [6.07, 6.45) is 7.97. The lowest BCUT2D eigenvalue weighted by atomic mass is 9.89. The Labute approximate surface area is 169 Å². The normalized spacial score (nSPS) is 17.7. The van der Waals surface area contributed by atoms with Gasteiger partial charge < -0.3 is 11.1 Å². The number of thioether (sulfide) groups is 1. The van der Waals surface area contributed by atoms with E-state index < -0.39 is 0 Å². The lowest BCUT2D eigenvalue weighted by Gasteiger charge is -2.17. The van der Waals surface area contributed by atoms with Crippen LogP contribution in [0.3, 0.4) is 0 Å². The second-order valence-electron chi connectivity index (χ2n) is 7.68. The highest BCUT2D eigenvalue weighted by molar-refractivity contribution is 7.99. The van der Waals surface area contributed by atoms with Crippen LogP contribution in [0, 0.1) is 5.92 Å². The van der Waals surface area contributed by atoms with E-state index in [-0.39, 0.29) is 11.9 Å². The number of hydrogen-bond acceptors (Lipinski definition) is 6. The summed E-state index contributed by atoms with van der Waals surface area (Å²) in [6.45, 7) is 6.55. The van der Waals surface area contributed by atoms with Crippen molar-refractivity contribution in [2.24, 2.45) is 5.92 Å². The van der Waals surface area contributed by atoms with Crippen molar-refractivity contribution in [3.05, 3.63) is 10.4 Å². The fourth-order valence-corrected chi connectivity index (χ4v) is 5.74. The molecule has 0 bridgehead atoms. The van der Waals surface area contributed by atoms with Gasteiger partial charge in [-0.15, -0.1) is 11.3 Å². The van der Waals surface area contributed by atoms with Gasteiger partial charge >= 0.3 is 0 Å². The van der Waals surface area contributed by atoms with Crippen LogP contribution < -0.4 is 11.1 Å². The first-order valence-electron chi connectivity index (χ1n) is 9.97. The zero-order chi connectivity index (χ0) is 19.4. The average molecular weight is 407 g/mol. The molecule has 2 aromatic heterocycles. The Bertz CT molecular complexity index is 805. The molecule has 7 heteroatoms. The maximum Gasteiger partial charge on any atom is 0.230 e. The van der Waals surface area contributed by atoms with Crippen LogP contribution in [0.25, 0.3) is 10.2 Å². The SMILES string of the molecule is CCCCCC(C)NC(=O)CSc1nc(N)c2c3c(sc2n1)CC(C)CC3. The predicted octanol–water partition coefficient (Wildman–Crippen LogP) is 4.58. The topological polar surface area (TPSA) is 80.9 Å². The molecule has 0 radical (unpaired) electrons. The van der Waals surface area contributed by atoms with E-state index in [9.17, 15) is 4.79 Å². The number of anilines is 1. The number of nitrogen functional groups attached to an aromatic ring is 1. The van der Waals surface area contributed by atoms with Crippen LogP contribution in [0.5, 0.6) is 0 Å². The van der Waals surface area contributed by atoms with Crippen molar-refractivity contribution in [1.82, 2.24) is 15.3 Å². The molecule has 0 aliphatic heterocycles. The molecule has 1 aliphatic carbocycles. The lowest BCUT2D eigenvalue weighted by Crippen LogP contribution is -2.33. The number of amides is 1. The molecule has 0 saturated heterocycles. The number of unbranched alkanes of at least 4 members (excludes halogenated alkanes) is 2. The minimum Gasteiger partial charge on any atom is -0.383 e. The molecular formula is C20H30N4OS2. The van der Waals surface area contributed by atoms with Crippen LogP contribution in [0.2, 0.25) is 0 Å². The van der Waals surface area contributed by atoms with Gasteiger partial charge in [0.1, 0.15) is 10.6 Å². The second kappa shape index (κ2) is 9.24. The van der Waals surface area contributed by atoms with E-state index in [0.717, 1.165) is 41.8 Å². The Hall–Kier alpha value is -1.34. The monoisotopic (exact) mass is 406 g/mol. The summed E-state index contributed by atoms with van der Waals surface area (Å²) >= 11 is 3.11. The average Bonchev–Trinajstić information content (AvgIpc) is 2.97. The van der Waals surface area contributed by atoms with Crippen LogP contribution in [-0.4, -0.2) is 27.7 Å². The van der Waals surface area contributed by atoms with Gasteiger partial charge in [-0.3, -0.25) is 4.79 Å². The van der Waals surface area contributed by atoms with Crippen molar-refractivity contribution in [3.8, 4) is 0 Å². The molecule has 0 spiro atoms. The fourth-order valence-electron chi connectivity index (χ4n) is 3.63. The van der Waals surface area contributed by atoms with Crippen LogP contribution in [0.4, 0.5) is 5.82 Å². The van der Waals surface area contributed by atoms with Gasteiger partial charge in [-0.2, -0.15) is 0 Å². The van der Waals surface area contributed by atoms with Crippen molar-refractivity contribution in [2.45, 2.75) is 76.9 Å². The zero-order valence-corrected chi connectivity index (χ0v) is 18.1. The number of nitrogens with two attached hydrogens (primary N) is 1. The third-order valence-electron chi connectivity index (χ3n) is 5.14. The molecule has 2 aromatic rings. The molecule has 3 rings (SSSR count). The highest BCUT2D eigenvalue weighted by Gasteiger charge is 2.23. The third-order valence-corrected chi connectivity index (χ3v) is 7.14. The van der Waals surface area contributed by atoms with Gasteiger partial charge in [0.25, 0.3) is 0 Å². The van der Waals surface area contributed by atoms with Gasteiger partial charge in [-0.25, -0.2) is 9.97 Å². The number of nitrogens with zero attached hydrogens (tertiary/aromatic N) is 2. The van der Waals surface area contributed by atoms with Gasteiger partial charge in [-0.05, 0) is 44.1 Å². The molecule has 27 heavy (non-hydrogen) atoms. The minimum atomic E-state index is 0.0329. The smallest absolute Gasteiger partial charge is 0.230 e. The lowest BCUT2D eigenvalue weighted by molar-refractivity contribution is -0.119. The molecule has 2 atom stereocenters. The molecule has 1 aliphatic rings. The van der Waals surface area contributed by atoms with Crippen molar-refractivity contribution in [2.75, 3.05) is 11.5 Å². The van der Waals surface area contributed by atoms with Gasteiger partial charge in [0.2, 0.25) is 5.91 Å². The zero-order valence-electron chi connectivity index (χ0n) is 16.5. The van der Waals surface area contributed by atoms with Crippen LogP contribution >= 0.6 is 23.1 Å². The molecule has 2 heterocycles. The van der Waals surface area contributed by atoms with Crippen molar-refractivity contribution >= 4 is 45.0 Å². The van der Waals surface area contributed by atoms with E-state index in [2.05, 4.69) is 36.1 Å². The maximum atomic E-state index is 12.2. The molecule has 0 saturated carbocycles. The summed E-state index contributed by atoms with van der Waals surface area (Å²) < 4.78 is 0. The largest absolute Gasteiger partial charge is 0.383 e. The van der Waals surface area contributed by atoms with Gasteiger partial charge in [0.05, 0.1) is 11.1 Å². The summed E-state index contributed by atoms with van der Waals surface area (Å²) in [6, 6.07) is 0.212. The predicted molar refractivity (Wildman–Crippen MR) is 115 cm³/mol. The summed E-state index contributed by atoms with van der Waals surface area (Å²) in [5.74, 6) is 1.63. The molecule has 0 fully saturated rings.